The SMILES string of the molecule is CC(C)OCCOC[C@H](C)O. The van der Waals surface area contributed by atoms with Gasteiger partial charge in [0.1, 0.15) is 0 Å². The fourth-order valence-electron chi connectivity index (χ4n) is 0.597. The molecule has 0 amide bonds. The van der Waals surface area contributed by atoms with Crippen LogP contribution in [0.5, 0.6) is 0 Å². The topological polar surface area (TPSA) is 38.7 Å². The molecule has 0 bridgehead atoms. The van der Waals surface area contributed by atoms with Crippen molar-refractivity contribution in [2.75, 3.05) is 19.8 Å². The average Bonchev–Trinajstić information content (AvgIpc) is 1.85. The van der Waals surface area contributed by atoms with E-state index in [1.165, 1.54) is 0 Å². The smallest absolute Gasteiger partial charge is 0.0745 e. The number of aliphatic hydroxyl groups excluding tert-OH is 1. The van der Waals surface area contributed by atoms with Gasteiger partial charge in [-0.3, -0.25) is 0 Å². The molecule has 0 unspecified atom stereocenters. The van der Waals surface area contributed by atoms with Crippen molar-refractivity contribution in [2.24, 2.45) is 0 Å². The normalized spacial score (nSPS) is 13.9. The molecule has 0 fully saturated rings. The Morgan fingerprint density at radius 2 is 1.82 bits per heavy atom. The molecule has 0 aromatic heterocycles. The van der Waals surface area contributed by atoms with Crippen molar-refractivity contribution in [3.63, 3.8) is 0 Å². The van der Waals surface area contributed by atoms with E-state index in [0.717, 1.165) is 0 Å². The van der Waals surface area contributed by atoms with Crippen LogP contribution < -0.4 is 0 Å². The van der Waals surface area contributed by atoms with E-state index in [-0.39, 0.29) is 12.2 Å². The molecule has 0 radical (unpaired) electrons. The standard InChI is InChI=1S/C8H18O3/c1-7(2)11-5-4-10-6-8(3)9/h7-9H,4-6H2,1-3H3/t8-/m0/s1. The highest BCUT2D eigenvalue weighted by Crippen LogP contribution is 1.88. The number of ether oxygens (including phenoxy) is 2. The van der Waals surface area contributed by atoms with E-state index in [9.17, 15) is 0 Å². The summed E-state index contributed by atoms with van der Waals surface area (Å²) >= 11 is 0. The highest BCUT2D eigenvalue weighted by Gasteiger charge is 1.95. The van der Waals surface area contributed by atoms with Gasteiger partial charge in [0.15, 0.2) is 0 Å². The summed E-state index contributed by atoms with van der Waals surface area (Å²) in [5, 5.41) is 8.80. The molecule has 0 spiro atoms. The predicted molar refractivity (Wildman–Crippen MR) is 43.6 cm³/mol. The number of rotatable bonds is 6. The second kappa shape index (κ2) is 6.58. The van der Waals surface area contributed by atoms with Gasteiger partial charge in [-0.05, 0) is 20.8 Å². The summed E-state index contributed by atoms with van der Waals surface area (Å²) in [6.07, 6.45) is -0.126. The third kappa shape index (κ3) is 9.88. The van der Waals surface area contributed by atoms with Crippen molar-refractivity contribution in [1.82, 2.24) is 0 Å². The maximum Gasteiger partial charge on any atom is 0.0745 e. The number of aliphatic hydroxyl groups is 1. The average molecular weight is 162 g/mol. The summed E-state index contributed by atoms with van der Waals surface area (Å²) in [7, 11) is 0. The minimum Gasteiger partial charge on any atom is -0.391 e. The molecule has 0 aromatic carbocycles. The molecule has 0 saturated heterocycles. The van der Waals surface area contributed by atoms with Gasteiger partial charge in [-0.2, -0.15) is 0 Å². The van der Waals surface area contributed by atoms with Crippen LogP contribution in [0.2, 0.25) is 0 Å². The van der Waals surface area contributed by atoms with Crippen LogP contribution in [0.15, 0.2) is 0 Å². The first kappa shape index (κ1) is 10.9. The molecule has 0 aliphatic carbocycles. The predicted octanol–water partition coefficient (Wildman–Crippen LogP) is 0.809. The molecule has 1 N–H and O–H groups in total. The van der Waals surface area contributed by atoms with Gasteiger partial charge < -0.3 is 14.6 Å². The Balaban J connectivity index is 2.91. The molecule has 68 valence electrons. The van der Waals surface area contributed by atoms with E-state index in [4.69, 9.17) is 14.6 Å². The largest absolute Gasteiger partial charge is 0.391 e. The van der Waals surface area contributed by atoms with Crippen LogP contribution in [0.25, 0.3) is 0 Å². The first-order chi connectivity index (χ1) is 5.13. The van der Waals surface area contributed by atoms with E-state index in [1.54, 1.807) is 6.92 Å². The zero-order valence-electron chi connectivity index (χ0n) is 7.54. The van der Waals surface area contributed by atoms with Gasteiger partial charge in [-0.15, -0.1) is 0 Å². The van der Waals surface area contributed by atoms with Gasteiger partial charge in [0.2, 0.25) is 0 Å². The van der Waals surface area contributed by atoms with E-state index in [0.29, 0.717) is 19.8 Å². The monoisotopic (exact) mass is 162 g/mol. The zero-order valence-corrected chi connectivity index (χ0v) is 7.54. The highest BCUT2D eigenvalue weighted by molar-refractivity contribution is 4.42. The van der Waals surface area contributed by atoms with Gasteiger partial charge in [0.05, 0.1) is 32.0 Å². The summed E-state index contributed by atoms with van der Waals surface area (Å²) in [5.74, 6) is 0. The first-order valence-electron chi connectivity index (χ1n) is 4.00. The van der Waals surface area contributed by atoms with Gasteiger partial charge in [0.25, 0.3) is 0 Å². The Hall–Kier alpha value is -0.120. The van der Waals surface area contributed by atoms with E-state index in [1.807, 2.05) is 13.8 Å². The lowest BCUT2D eigenvalue weighted by Gasteiger charge is -2.08. The summed E-state index contributed by atoms with van der Waals surface area (Å²) in [6, 6.07) is 0. The summed E-state index contributed by atoms with van der Waals surface area (Å²) < 4.78 is 10.3. The summed E-state index contributed by atoms with van der Waals surface area (Å²) in [4.78, 5) is 0. The fraction of sp³-hybridized carbons (Fsp3) is 1.00. The Kier molecular flexibility index (Phi) is 6.51. The number of hydrogen-bond acceptors (Lipinski definition) is 3. The second-order valence-corrected chi connectivity index (χ2v) is 2.84. The van der Waals surface area contributed by atoms with Crippen molar-refractivity contribution in [2.45, 2.75) is 33.0 Å². The van der Waals surface area contributed by atoms with Gasteiger partial charge in [-0.25, -0.2) is 0 Å². The van der Waals surface area contributed by atoms with E-state index >= 15 is 0 Å². The molecular formula is C8H18O3. The Morgan fingerprint density at radius 3 is 2.27 bits per heavy atom. The third-order valence-electron chi connectivity index (χ3n) is 1.04. The van der Waals surface area contributed by atoms with Crippen molar-refractivity contribution < 1.29 is 14.6 Å². The van der Waals surface area contributed by atoms with E-state index in [2.05, 4.69) is 0 Å². The summed E-state index contributed by atoms with van der Waals surface area (Å²) in [5.41, 5.74) is 0. The Morgan fingerprint density at radius 1 is 1.18 bits per heavy atom. The summed E-state index contributed by atoms with van der Waals surface area (Å²) in [6.45, 7) is 7.21. The van der Waals surface area contributed by atoms with Crippen LogP contribution in [0.3, 0.4) is 0 Å². The van der Waals surface area contributed by atoms with Crippen LogP contribution in [0.4, 0.5) is 0 Å². The molecule has 3 nitrogen and oxygen atoms in total. The van der Waals surface area contributed by atoms with Crippen LogP contribution >= 0.6 is 0 Å². The molecule has 0 aliphatic heterocycles. The van der Waals surface area contributed by atoms with E-state index < -0.39 is 0 Å². The first-order valence-corrected chi connectivity index (χ1v) is 4.00. The zero-order chi connectivity index (χ0) is 8.69. The van der Waals surface area contributed by atoms with Crippen molar-refractivity contribution in [3.8, 4) is 0 Å². The van der Waals surface area contributed by atoms with Crippen LogP contribution in [-0.2, 0) is 9.47 Å². The molecule has 3 heteroatoms. The highest BCUT2D eigenvalue weighted by atomic mass is 16.5. The van der Waals surface area contributed by atoms with Crippen LogP contribution in [-0.4, -0.2) is 37.1 Å². The molecule has 0 rings (SSSR count). The van der Waals surface area contributed by atoms with Gasteiger partial charge >= 0.3 is 0 Å². The van der Waals surface area contributed by atoms with Crippen molar-refractivity contribution >= 4 is 0 Å². The molecular weight excluding hydrogens is 144 g/mol. The minimum absolute atomic E-state index is 0.255. The second-order valence-electron chi connectivity index (χ2n) is 2.84. The Bertz CT molecular complexity index is 71.4. The van der Waals surface area contributed by atoms with Crippen LogP contribution in [0.1, 0.15) is 20.8 Å². The molecule has 11 heavy (non-hydrogen) atoms. The van der Waals surface area contributed by atoms with Crippen molar-refractivity contribution in [3.05, 3.63) is 0 Å². The molecule has 0 heterocycles. The quantitative estimate of drug-likeness (QED) is 0.587. The van der Waals surface area contributed by atoms with Gasteiger partial charge in [-0.1, -0.05) is 0 Å². The minimum atomic E-state index is -0.381. The van der Waals surface area contributed by atoms with Crippen LogP contribution in [0, 0.1) is 0 Å². The molecule has 0 aromatic rings. The molecule has 1 atom stereocenters. The number of hydrogen-bond donors (Lipinski definition) is 1. The van der Waals surface area contributed by atoms with Gasteiger partial charge in [0, 0.05) is 0 Å². The lowest BCUT2D eigenvalue weighted by atomic mass is 10.4. The lowest BCUT2D eigenvalue weighted by Crippen LogP contribution is -2.15. The maximum atomic E-state index is 8.80. The molecule has 0 saturated carbocycles. The maximum absolute atomic E-state index is 8.80. The third-order valence-corrected chi connectivity index (χ3v) is 1.04. The molecule has 0 aliphatic rings. The lowest BCUT2D eigenvalue weighted by molar-refractivity contribution is -0.00615. The van der Waals surface area contributed by atoms with Crippen molar-refractivity contribution in [1.29, 1.82) is 0 Å². The Labute approximate surface area is 68.3 Å². The fourth-order valence-corrected chi connectivity index (χ4v) is 0.597.